The molecule has 0 atom stereocenters. The number of nitrogens with zero attached hydrogens (tertiary/aromatic N) is 1. The van der Waals surface area contributed by atoms with Crippen molar-refractivity contribution in [3.63, 3.8) is 0 Å². The summed E-state index contributed by atoms with van der Waals surface area (Å²) in [5.74, 6) is 2.46. The Morgan fingerprint density at radius 2 is 1.77 bits per heavy atom. The average molecular weight is 373 g/mol. The monoisotopic (exact) mass is 373 g/mol. The molecule has 1 amide bonds. The number of piperidine rings is 1. The van der Waals surface area contributed by atoms with E-state index in [0.29, 0.717) is 12.3 Å². The van der Waals surface area contributed by atoms with Gasteiger partial charge in [0.2, 0.25) is 5.91 Å². The van der Waals surface area contributed by atoms with Gasteiger partial charge in [-0.25, -0.2) is 4.39 Å². The first-order valence-electron chi connectivity index (χ1n) is 8.93. The molecule has 5 heteroatoms. The fourth-order valence-electron chi connectivity index (χ4n) is 3.12. The molecule has 1 saturated heterocycles. The van der Waals surface area contributed by atoms with Gasteiger partial charge in [0.1, 0.15) is 11.6 Å². The molecule has 3 rings (SSSR count). The predicted molar refractivity (Wildman–Crippen MR) is 103 cm³/mol. The first-order chi connectivity index (χ1) is 12.6. The highest BCUT2D eigenvalue weighted by Crippen LogP contribution is 2.28. The number of thioether (sulfide) groups is 1. The van der Waals surface area contributed by atoms with E-state index in [0.717, 1.165) is 43.0 Å². The second-order valence-electron chi connectivity index (χ2n) is 6.61. The lowest BCUT2D eigenvalue weighted by Gasteiger charge is -2.32. The van der Waals surface area contributed by atoms with E-state index in [2.05, 4.69) is 12.1 Å². The quantitative estimate of drug-likeness (QED) is 0.703. The summed E-state index contributed by atoms with van der Waals surface area (Å²) in [6.45, 7) is 1.63. The van der Waals surface area contributed by atoms with E-state index in [1.807, 2.05) is 28.8 Å². The van der Waals surface area contributed by atoms with Crippen LogP contribution in [0.15, 0.2) is 53.4 Å². The summed E-state index contributed by atoms with van der Waals surface area (Å²) in [5.41, 5.74) is 0.869. The summed E-state index contributed by atoms with van der Waals surface area (Å²) in [4.78, 5) is 15.6. The SMILES string of the molecule is COc1ccc(SCC2CCN(C(=O)Cc3ccc(F)cc3)CC2)cc1. The zero-order chi connectivity index (χ0) is 18.4. The Balaban J connectivity index is 1.41. The molecule has 2 aromatic carbocycles. The smallest absolute Gasteiger partial charge is 0.226 e. The second kappa shape index (κ2) is 9.08. The van der Waals surface area contributed by atoms with Crippen LogP contribution >= 0.6 is 11.8 Å². The molecule has 1 aliphatic heterocycles. The van der Waals surface area contributed by atoms with Gasteiger partial charge in [0.25, 0.3) is 0 Å². The van der Waals surface area contributed by atoms with Gasteiger partial charge in [-0.05, 0) is 60.7 Å². The first kappa shape index (κ1) is 18.8. The Hall–Kier alpha value is -2.01. The maximum atomic E-state index is 13.0. The molecular weight excluding hydrogens is 349 g/mol. The molecule has 0 radical (unpaired) electrons. The third kappa shape index (κ3) is 5.24. The third-order valence-corrected chi connectivity index (χ3v) is 6.02. The first-order valence-corrected chi connectivity index (χ1v) is 9.91. The van der Waals surface area contributed by atoms with E-state index in [1.54, 1.807) is 19.2 Å². The highest BCUT2D eigenvalue weighted by Gasteiger charge is 2.22. The molecule has 1 aliphatic rings. The summed E-state index contributed by atoms with van der Waals surface area (Å²) in [6, 6.07) is 14.3. The number of ether oxygens (including phenoxy) is 1. The van der Waals surface area contributed by atoms with Crippen molar-refractivity contribution in [1.29, 1.82) is 0 Å². The van der Waals surface area contributed by atoms with Crippen molar-refractivity contribution in [1.82, 2.24) is 4.90 Å². The van der Waals surface area contributed by atoms with E-state index in [4.69, 9.17) is 4.74 Å². The Labute approximate surface area is 158 Å². The lowest BCUT2D eigenvalue weighted by Crippen LogP contribution is -2.39. The van der Waals surface area contributed by atoms with Crippen molar-refractivity contribution in [2.75, 3.05) is 26.0 Å². The Bertz CT molecular complexity index is 710. The molecule has 2 aromatic rings. The molecule has 0 saturated carbocycles. The van der Waals surface area contributed by atoms with Gasteiger partial charge in [-0.2, -0.15) is 0 Å². The number of rotatable bonds is 6. The summed E-state index contributed by atoms with van der Waals surface area (Å²) >= 11 is 1.87. The molecule has 0 spiro atoms. The van der Waals surface area contributed by atoms with Crippen molar-refractivity contribution >= 4 is 17.7 Å². The van der Waals surface area contributed by atoms with Crippen LogP contribution in [0.2, 0.25) is 0 Å². The Morgan fingerprint density at radius 1 is 1.12 bits per heavy atom. The molecule has 0 aliphatic carbocycles. The molecule has 138 valence electrons. The van der Waals surface area contributed by atoms with Crippen LogP contribution in [0.1, 0.15) is 18.4 Å². The van der Waals surface area contributed by atoms with Gasteiger partial charge in [-0.15, -0.1) is 11.8 Å². The summed E-state index contributed by atoms with van der Waals surface area (Å²) in [6.07, 6.45) is 2.43. The Kier molecular flexibility index (Phi) is 6.56. The minimum atomic E-state index is -0.267. The second-order valence-corrected chi connectivity index (χ2v) is 7.71. The summed E-state index contributed by atoms with van der Waals surface area (Å²) in [5, 5.41) is 0. The van der Waals surface area contributed by atoms with Crippen LogP contribution in [0.4, 0.5) is 4.39 Å². The van der Waals surface area contributed by atoms with Crippen molar-refractivity contribution in [2.24, 2.45) is 5.92 Å². The maximum Gasteiger partial charge on any atom is 0.226 e. The van der Waals surface area contributed by atoms with Crippen LogP contribution in [0, 0.1) is 11.7 Å². The van der Waals surface area contributed by atoms with Gasteiger partial charge >= 0.3 is 0 Å². The number of hydrogen-bond acceptors (Lipinski definition) is 3. The summed E-state index contributed by atoms with van der Waals surface area (Å²) in [7, 11) is 1.67. The number of benzene rings is 2. The zero-order valence-electron chi connectivity index (χ0n) is 15.0. The molecule has 3 nitrogen and oxygen atoms in total. The number of halogens is 1. The average Bonchev–Trinajstić information content (AvgIpc) is 2.69. The van der Waals surface area contributed by atoms with Crippen LogP contribution in [-0.2, 0) is 11.2 Å². The topological polar surface area (TPSA) is 29.5 Å². The fourth-order valence-corrected chi connectivity index (χ4v) is 4.21. The van der Waals surface area contributed by atoms with Crippen LogP contribution in [0.5, 0.6) is 5.75 Å². The lowest BCUT2D eigenvalue weighted by molar-refractivity contribution is -0.131. The number of hydrogen-bond donors (Lipinski definition) is 0. The van der Waals surface area contributed by atoms with Gasteiger partial charge in [0, 0.05) is 23.7 Å². The summed E-state index contributed by atoms with van der Waals surface area (Å²) < 4.78 is 18.1. The molecular formula is C21H24FNO2S. The Morgan fingerprint density at radius 3 is 2.38 bits per heavy atom. The molecule has 26 heavy (non-hydrogen) atoms. The molecule has 0 unspecified atom stereocenters. The zero-order valence-corrected chi connectivity index (χ0v) is 15.8. The largest absolute Gasteiger partial charge is 0.497 e. The standard InChI is InChI=1S/C21H24FNO2S/c1-25-19-6-8-20(9-7-19)26-15-17-10-12-23(13-11-17)21(24)14-16-2-4-18(22)5-3-16/h2-9,17H,10-15H2,1H3. The molecule has 0 aromatic heterocycles. The highest BCUT2D eigenvalue weighted by molar-refractivity contribution is 7.99. The van der Waals surface area contributed by atoms with Gasteiger partial charge in [0.15, 0.2) is 0 Å². The van der Waals surface area contributed by atoms with Gasteiger partial charge in [-0.3, -0.25) is 4.79 Å². The van der Waals surface area contributed by atoms with Gasteiger partial charge in [0.05, 0.1) is 13.5 Å². The van der Waals surface area contributed by atoms with Gasteiger partial charge < -0.3 is 9.64 Å². The molecule has 1 fully saturated rings. The molecule has 0 N–H and O–H groups in total. The third-order valence-electron chi connectivity index (χ3n) is 4.78. The normalized spacial score (nSPS) is 15.1. The number of carbonyl (C=O) groups is 1. The predicted octanol–water partition coefficient (Wildman–Crippen LogP) is 4.41. The van der Waals surface area contributed by atoms with E-state index in [9.17, 15) is 9.18 Å². The van der Waals surface area contributed by atoms with Gasteiger partial charge in [-0.1, -0.05) is 12.1 Å². The van der Waals surface area contributed by atoms with Crippen molar-refractivity contribution in [3.8, 4) is 5.75 Å². The molecule has 1 heterocycles. The van der Waals surface area contributed by atoms with Crippen molar-refractivity contribution < 1.29 is 13.9 Å². The van der Waals surface area contributed by atoms with Crippen LogP contribution in [0.25, 0.3) is 0 Å². The minimum Gasteiger partial charge on any atom is -0.497 e. The molecule has 0 bridgehead atoms. The highest BCUT2D eigenvalue weighted by atomic mass is 32.2. The number of carbonyl (C=O) groups excluding carboxylic acids is 1. The number of methoxy groups -OCH3 is 1. The van der Waals surface area contributed by atoms with E-state index in [1.165, 1.54) is 17.0 Å². The van der Waals surface area contributed by atoms with E-state index >= 15 is 0 Å². The van der Waals surface area contributed by atoms with Crippen molar-refractivity contribution in [2.45, 2.75) is 24.2 Å². The van der Waals surface area contributed by atoms with Crippen molar-refractivity contribution in [3.05, 3.63) is 59.9 Å². The number of likely N-dealkylation sites (tertiary alicyclic amines) is 1. The van der Waals surface area contributed by atoms with Crippen LogP contribution < -0.4 is 4.74 Å². The number of amides is 1. The lowest BCUT2D eigenvalue weighted by atomic mass is 9.98. The van der Waals surface area contributed by atoms with E-state index in [-0.39, 0.29) is 11.7 Å². The minimum absolute atomic E-state index is 0.137. The van der Waals surface area contributed by atoms with Crippen LogP contribution in [0.3, 0.4) is 0 Å². The van der Waals surface area contributed by atoms with E-state index < -0.39 is 0 Å². The fraction of sp³-hybridized carbons (Fsp3) is 0.381. The maximum absolute atomic E-state index is 13.0. The van der Waals surface area contributed by atoms with Crippen LogP contribution in [-0.4, -0.2) is 36.8 Å².